The quantitative estimate of drug-likeness (QED) is 0.218. The van der Waals surface area contributed by atoms with Crippen molar-refractivity contribution in [3.63, 3.8) is 0 Å². The van der Waals surface area contributed by atoms with Crippen LogP contribution in [0.25, 0.3) is 43.1 Å². The summed E-state index contributed by atoms with van der Waals surface area (Å²) in [6, 6.07) is 35.3. The Kier molecular flexibility index (Phi) is 5.15. The Morgan fingerprint density at radius 3 is 1.47 bits per heavy atom. The van der Waals surface area contributed by atoms with Crippen LogP contribution in [0.15, 0.2) is 97.1 Å². The summed E-state index contributed by atoms with van der Waals surface area (Å²) < 4.78 is 0. The molecule has 0 saturated carbocycles. The van der Waals surface area contributed by atoms with Gasteiger partial charge in [0.2, 0.25) is 0 Å². The number of fused-ring (bicyclic) bond motifs is 4. The Morgan fingerprint density at radius 2 is 0.844 bits per heavy atom. The zero-order valence-corrected chi connectivity index (χ0v) is 19.2. The third kappa shape index (κ3) is 3.85. The van der Waals surface area contributed by atoms with Crippen LogP contribution in [-0.4, -0.2) is 0 Å². The first-order valence-corrected chi connectivity index (χ1v) is 11.3. The summed E-state index contributed by atoms with van der Waals surface area (Å²) in [6.45, 7) is 8.65. The zero-order valence-electron chi connectivity index (χ0n) is 19.2. The van der Waals surface area contributed by atoms with Crippen molar-refractivity contribution < 1.29 is 0 Å². The standard InChI is InChI=1S/2C16H14/c1-11-3-5-13-9-14-6-4-12(2)8-16(14)10-15(13)7-11;1-11-7-8-15-9-13-5-3-4-6-14(13)10-16(15)12(11)2/h2*3-10H,1-2H3. The van der Waals surface area contributed by atoms with Crippen LogP contribution in [-0.2, 0) is 0 Å². The lowest BCUT2D eigenvalue weighted by Gasteiger charge is -2.07. The highest BCUT2D eigenvalue weighted by Gasteiger charge is 2.02. The van der Waals surface area contributed by atoms with E-state index in [9.17, 15) is 0 Å². The molecule has 0 fully saturated rings. The van der Waals surface area contributed by atoms with Crippen LogP contribution in [0.4, 0.5) is 0 Å². The number of hydrogen-bond acceptors (Lipinski definition) is 0. The third-order valence-corrected chi connectivity index (χ3v) is 6.53. The van der Waals surface area contributed by atoms with Gasteiger partial charge in [0.1, 0.15) is 0 Å². The molecular formula is C32H28. The summed E-state index contributed by atoms with van der Waals surface area (Å²) in [5.41, 5.74) is 5.39. The molecule has 0 atom stereocenters. The second-order valence-electron chi connectivity index (χ2n) is 8.98. The van der Waals surface area contributed by atoms with Gasteiger partial charge in [-0.05, 0) is 106 Å². The van der Waals surface area contributed by atoms with E-state index in [2.05, 4.69) is 125 Å². The van der Waals surface area contributed by atoms with Gasteiger partial charge in [0, 0.05) is 0 Å². The molecular weight excluding hydrogens is 384 g/mol. The van der Waals surface area contributed by atoms with Crippen LogP contribution >= 0.6 is 0 Å². The van der Waals surface area contributed by atoms with Crippen molar-refractivity contribution in [3.8, 4) is 0 Å². The third-order valence-electron chi connectivity index (χ3n) is 6.53. The van der Waals surface area contributed by atoms with Crippen LogP contribution in [0.2, 0.25) is 0 Å². The van der Waals surface area contributed by atoms with Crippen molar-refractivity contribution >= 4 is 43.1 Å². The van der Waals surface area contributed by atoms with Crippen molar-refractivity contribution in [2.24, 2.45) is 0 Å². The predicted octanol–water partition coefficient (Wildman–Crippen LogP) is 9.22. The van der Waals surface area contributed by atoms with Crippen LogP contribution in [0.5, 0.6) is 0 Å². The van der Waals surface area contributed by atoms with E-state index in [0.717, 1.165) is 0 Å². The summed E-state index contributed by atoms with van der Waals surface area (Å²) in [7, 11) is 0. The van der Waals surface area contributed by atoms with Gasteiger partial charge < -0.3 is 0 Å². The molecule has 0 aliphatic rings. The largest absolute Gasteiger partial charge is 0.0616 e. The van der Waals surface area contributed by atoms with E-state index in [0.29, 0.717) is 0 Å². The van der Waals surface area contributed by atoms with Crippen LogP contribution in [0.3, 0.4) is 0 Å². The fourth-order valence-electron chi connectivity index (χ4n) is 4.51. The number of rotatable bonds is 0. The summed E-state index contributed by atoms with van der Waals surface area (Å²) in [5.74, 6) is 0. The highest BCUT2D eigenvalue weighted by atomic mass is 14.1. The molecule has 6 aromatic carbocycles. The van der Waals surface area contributed by atoms with Gasteiger partial charge in [0.25, 0.3) is 0 Å². The number of benzene rings is 6. The molecule has 32 heavy (non-hydrogen) atoms. The Hall–Kier alpha value is -3.64. The number of hydrogen-bond donors (Lipinski definition) is 0. The normalized spacial score (nSPS) is 11.1. The predicted molar refractivity (Wildman–Crippen MR) is 142 cm³/mol. The smallest absolute Gasteiger partial charge is 0.0146 e. The van der Waals surface area contributed by atoms with Crippen molar-refractivity contribution in [1.82, 2.24) is 0 Å². The van der Waals surface area contributed by atoms with E-state index in [4.69, 9.17) is 0 Å². The summed E-state index contributed by atoms with van der Waals surface area (Å²) >= 11 is 0. The zero-order chi connectivity index (χ0) is 22.2. The second-order valence-corrected chi connectivity index (χ2v) is 8.98. The van der Waals surface area contributed by atoms with Gasteiger partial charge in [-0.3, -0.25) is 0 Å². The van der Waals surface area contributed by atoms with Gasteiger partial charge in [0.05, 0.1) is 0 Å². The van der Waals surface area contributed by atoms with Crippen LogP contribution in [0, 0.1) is 27.7 Å². The topological polar surface area (TPSA) is 0 Å². The monoisotopic (exact) mass is 412 g/mol. The molecule has 156 valence electrons. The first kappa shape index (κ1) is 20.3. The summed E-state index contributed by atoms with van der Waals surface area (Å²) in [4.78, 5) is 0. The lowest BCUT2D eigenvalue weighted by Crippen LogP contribution is -1.84. The van der Waals surface area contributed by atoms with E-state index in [1.165, 1.54) is 65.3 Å². The van der Waals surface area contributed by atoms with Crippen molar-refractivity contribution in [2.45, 2.75) is 27.7 Å². The van der Waals surface area contributed by atoms with E-state index in [-0.39, 0.29) is 0 Å². The maximum atomic E-state index is 2.30. The maximum absolute atomic E-state index is 2.30. The fraction of sp³-hybridized carbons (Fsp3) is 0.125. The van der Waals surface area contributed by atoms with Crippen LogP contribution < -0.4 is 0 Å². The Morgan fingerprint density at radius 1 is 0.375 bits per heavy atom. The maximum Gasteiger partial charge on any atom is -0.0146 e. The van der Waals surface area contributed by atoms with E-state index in [1.54, 1.807) is 0 Å². The summed E-state index contributed by atoms with van der Waals surface area (Å²) in [6.07, 6.45) is 0. The molecule has 0 aliphatic heterocycles. The van der Waals surface area contributed by atoms with Gasteiger partial charge >= 0.3 is 0 Å². The molecule has 0 unspecified atom stereocenters. The molecule has 0 heterocycles. The SMILES string of the molecule is Cc1ccc2cc3ccc(C)cc3cc2c1.Cc1ccc2cc3ccccc3cc2c1C. The highest BCUT2D eigenvalue weighted by molar-refractivity contribution is 6.00. The molecule has 0 bridgehead atoms. The molecule has 0 spiro atoms. The average molecular weight is 413 g/mol. The first-order chi connectivity index (χ1) is 15.5. The molecule has 0 radical (unpaired) electrons. The molecule has 0 N–H and O–H groups in total. The number of aryl methyl sites for hydroxylation is 4. The first-order valence-electron chi connectivity index (χ1n) is 11.3. The molecule has 0 aromatic heterocycles. The van der Waals surface area contributed by atoms with Crippen LogP contribution in [0.1, 0.15) is 22.3 Å². The molecule has 6 aromatic rings. The molecule has 6 rings (SSSR count). The Balaban J connectivity index is 0.000000135. The fourth-order valence-corrected chi connectivity index (χ4v) is 4.51. The minimum Gasteiger partial charge on any atom is -0.0616 e. The van der Waals surface area contributed by atoms with E-state index < -0.39 is 0 Å². The second kappa shape index (κ2) is 8.13. The molecule has 0 nitrogen and oxygen atoms in total. The Bertz CT molecular complexity index is 1540. The van der Waals surface area contributed by atoms with Crippen molar-refractivity contribution in [2.75, 3.05) is 0 Å². The minimum absolute atomic E-state index is 1.32. The lowest BCUT2D eigenvalue weighted by atomic mass is 9.97. The van der Waals surface area contributed by atoms with E-state index >= 15 is 0 Å². The van der Waals surface area contributed by atoms with Crippen molar-refractivity contribution in [1.29, 1.82) is 0 Å². The lowest BCUT2D eigenvalue weighted by molar-refractivity contribution is 1.38. The van der Waals surface area contributed by atoms with Gasteiger partial charge in [-0.25, -0.2) is 0 Å². The summed E-state index contributed by atoms with van der Waals surface area (Å²) in [5, 5.41) is 10.7. The minimum atomic E-state index is 1.32. The van der Waals surface area contributed by atoms with Gasteiger partial charge in [0.15, 0.2) is 0 Å². The van der Waals surface area contributed by atoms with Gasteiger partial charge in [-0.2, -0.15) is 0 Å². The van der Waals surface area contributed by atoms with Gasteiger partial charge in [-0.1, -0.05) is 83.9 Å². The molecule has 0 heteroatoms. The van der Waals surface area contributed by atoms with Crippen molar-refractivity contribution in [3.05, 3.63) is 119 Å². The van der Waals surface area contributed by atoms with Gasteiger partial charge in [-0.15, -0.1) is 0 Å². The molecule has 0 saturated heterocycles. The Labute approximate surface area is 190 Å². The molecule has 0 aliphatic carbocycles. The highest BCUT2D eigenvalue weighted by Crippen LogP contribution is 2.27. The van der Waals surface area contributed by atoms with E-state index in [1.807, 2.05) is 0 Å². The average Bonchev–Trinajstić information content (AvgIpc) is 2.80. The molecule has 0 amide bonds.